The normalized spacial score (nSPS) is 12.0. The molecule has 0 spiro atoms. The third kappa shape index (κ3) is 6.55. The van der Waals surface area contributed by atoms with Gasteiger partial charge >= 0.3 is 0 Å². The van der Waals surface area contributed by atoms with E-state index in [9.17, 15) is 0 Å². The number of aliphatic imine (C=N–C) groups is 1. The molecule has 142 valence electrons. The van der Waals surface area contributed by atoms with Crippen LogP contribution in [0.2, 0.25) is 0 Å². The molecule has 0 aromatic heterocycles. The summed E-state index contributed by atoms with van der Waals surface area (Å²) in [5.74, 6) is 0.878. The SMILES string of the molecule is CC(C)(C)N=Cc1ccc(/C=C/c2ccc(OCc3ccccc3)cc2)cc1. The van der Waals surface area contributed by atoms with E-state index in [1.807, 2.05) is 36.5 Å². The van der Waals surface area contributed by atoms with Crippen molar-refractivity contribution in [3.63, 3.8) is 0 Å². The molecule has 3 rings (SSSR count). The van der Waals surface area contributed by atoms with Gasteiger partial charge in [-0.05, 0) is 55.2 Å². The highest BCUT2D eigenvalue weighted by atomic mass is 16.5. The van der Waals surface area contributed by atoms with Gasteiger partial charge in [-0.25, -0.2) is 0 Å². The van der Waals surface area contributed by atoms with Gasteiger partial charge in [0.1, 0.15) is 12.4 Å². The molecule has 0 fully saturated rings. The van der Waals surface area contributed by atoms with Gasteiger partial charge in [-0.2, -0.15) is 0 Å². The largest absolute Gasteiger partial charge is 0.489 e. The second kappa shape index (κ2) is 9.18. The second-order valence-corrected chi connectivity index (χ2v) is 7.77. The van der Waals surface area contributed by atoms with E-state index in [2.05, 4.69) is 86.4 Å². The zero-order chi connectivity index (χ0) is 19.8. The smallest absolute Gasteiger partial charge is 0.119 e. The molecule has 0 aliphatic rings. The van der Waals surface area contributed by atoms with Crippen LogP contribution in [-0.2, 0) is 6.61 Å². The van der Waals surface area contributed by atoms with Gasteiger partial charge in [-0.15, -0.1) is 0 Å². The van der Waals surface area contributed by atoms with Crippen LogP contribution in [0.5, 0.6) is 5.75 Å². The zero-order valence-electron chi connectivity index (χ0n) is 16.8. The first-order chi connectivity index (χ1) is 13.5. The lowest BCUT2D eigenvalue weighted by Gasteiger charge is -2.10. The number of hydrogen-bond acceptors (Lipinski definition) is 2. The molecule has 0 saturated heterocycles. The average molecular weight is 370 g/mol. The Balaban J connectivity index is 1.56. The van der Waals surface area contributed by atoms with Crippen molar-refractivity contribution in [2.75, 3.05) is 0 Å². The van der Waals surface area contributed by atoms with Gasteiger partial charge in [-0.1, -0.05) is 78.9 Å². The van der Waals surface area contributed by atoms with Crippen molar-refractivity contribution in [2.24, 2.45) is 4.99 Å². The Bertz CT molecular complexity index is 915. The Kier molecular flexibility index (Phi) is 6.44. The minimum absolute atomic E-state index is 0.0461. The summed E-state index contributed by atoms with van der Waals surface area (Å²) >= 11 is 0. The molecule has 0 amide bonds. The number of rotatable bonds is 6. The molecule has 0 unspecified atom stereocenters. The molecule has 0 bridgehead atoms. The Hall–Kier alpha value is -3.13. The van der Waals surface area contributed by atoms with E-state index in [4.69, 9.17) is 4.74 Å². The van der Waals surface area contributed by atoms with Crippen LogP contribution in [-0.4, -0.2) is 11.8 Å². The lowest BCUT2D eigenvalue weighted by molar-refractivity contribution is 0.306. The monoisotopic (exact) mass is 369 g/mol. The number of nitrogens with zero attached hydrogens (tertiary/aromatic N) is 1. The Morgan fingerprint density at radius 3 is 1.82 bits per heavy atom. The van der Waals surface area contributed by atoms with Crippen molar-refractivity contribution in [3.05, 3.63) is 101 Å². The van der Waals surface area contributed by atoms with Crippen LogP contribution in [0, 0.1) is 0 Å². The summed E-state index contributed by atoms with van der Waals surface area (Å²) in [5.41, 5.74) is 4.55. The maximum absolute atomic E-state index is 5.83. The van der Waals surface area contributed by atoms with Crippen LogP contribution in [0.25, 0.3) is 12.2 Å². The molecular formula is C26H27NO. The molecule has 0 radical (unpaired) electrons. The molecule has 3 aromatic rings. The lowest BCUT2D eigenvalue weighted by atomic mass is 10.1. The van der Waals surface area contributed by atoms with E-state index in [1.165, 1.54) is 5.56 Å². The van der Waals surface area contributed by atoms with Crippen molar-refractivity contribution in [1.82, 2.24) is 0 Å². The van der Waals surface area contributed by atoms with Crippen LogP contribution in [0.1, 0.15) is 43.0 Å². The van der Waals surface area contributed by atoms with Crippen molar-refractivity contribution in [1.29, 1.82) is 0 Å². The van der Waals surface area contributed by atoms with Gasteiger partial charge in [0.15, 0.2) is 0 Å². The molecule has 0 atom stereocenters. The molecule has 0 heterocycles. The Morgan fingerprint density at radius 2 is 1.25 bits per heavy atom. The maximum Gasteiger partial charge on any atom is 0.119 e. The molecule has 0 N–H and O–H groups in total. The third-order valence-corrected chi connectivity index (χ3v) is 4.13. The summed E-state index contributed by atoms with van der Waals surface area (Å²) < 4.78 is 5.83. The van der Waals surface area contributed by atoms with Crippen molar-refractivity contribution >= 4 is 18.4 Å². The number of benzene rings is 3. The zero-order valence-corrected chi connectivity index (χ0v) is 16.8. The van der Waals surface area contributed by atoms with Crippen LogP contribution >= 0.6 is 0 Å². The van der Waals surface area contributed by atoms with Gasteiger partial charge in [-0.3, -0.25) is 4.99 Å². The molecule has 2 nitrogen and oxygen atoms in total. The van der Waals surface area contributed by atoms with Crippen LogP contribution < -0.4 is 4.74 Å². The molecular weight excluding hydrogens is 342 g/mol. The van der Waals surface area contributed by atoms with E-state index in [-0.39, 0.29) is 5.54 Å². The summed E-state index contributed by atoms with van der Waals surface area (Å²) in [5, 5.41) is 0. The molecule has 0 aliphatic heterocycles. The van der Waals surface area contributed by atoms with Crippen molar-refractivity contribution in [2.45, 2.75) is 32.9 Å². The minimum Gasteiger partial charge on any atom is -0.489 e. The summed E-state index contributed by atoms with van der Waals surface area (Å²) in [4.78, 5) is 4.54. The molecule has 3 aromatic carbocycles. The number of hydrogen-bond donors (Lipinski definition) is 0. The summed E-state index contributed by atoms with van der Waals surface area (Å²) in [6.45, 7) is 6.87. The van der Waals surface area contributed by atoms with Gasteiger partial charge in [0.25, 0.3) is 0 Å². The van der Waals surface area contributed by atoms with Crippen LogP contribution in [0.15, 0.2) is 83.9 Å². The van der Waals surface area contributed by atoms with E-state index in [0.717, 1.165) is 22.4 Å². The van der Waals surface area contributed by atoms with E-state index < -0.39 is 0 Å². The van der Waals surface area contributed by atoms with Crippen LogP contribution in [0.4, 0.5) is 0 Å². The maximum atomic E-state index is 5.83. The van der Waals surface area contributed by atoms with E-state index in [1.54, 1.807) is 0 Å². The lowest BCUT2D eigenvalue weighted by Crippen LogP contribution is -2.09. The molecule has 28 heavy (non-hydrogen) atoms. The van der Waals surface area contributed by atoms with Crippen molar-refractivity contribution < 1.29 is 4.74 Å². The third-order valence-electron chi connectivity index (χ3n) is 4.13. The van der Waals surface area contributed by atoms with Crippen molar-refractivity contribution in [3.8, 4) is 5.75 Å². The quantitative estimate of drug-likeness (QED) is 0.352. The van der Waals surface area contributed by atoms with Gasteiger partial charge in [0, 0.05) is 6.21 Å². The fourth-order valence-corrected chi connectivity index (χ4v) is 2.57. The summed E-state index contributed by atoms with van der Waals surface area (Å²) in [6, 6.07) is 26.8. The fraction of sp³-hybridized carbons (Fsp3) is 0.192. The first-order valence-electron chi connectivity index (χ1n) is 9.58. The molecule has 0 saturated carbocycles. The van der Waals surface area contributed by atoms with Gasteiger partial charge in [0.05, 0.1) is 5.54 Å². The van der Waals surface area contributed by atoms with Crippen LogP contribution in [0.3, 0.4) is 0 Å². The first-order valence-corrected chi connectivity index (χ1v) is 9.58. The Labute approximate surface area is 168 Å². The predicted molar refractivity (Wildman–Crippen MR) is 120 cm³/mol. The molecule has 0 aliphatic carbocycles. The summed E-state index contributed by atoms with van der Waals surface area (Å²) in [6.07, 6.45) is 6.16. The number of ether oxygens (including phenoxy) is 1. The molecule has 2 heteroatoms. The van der Waals surface area contributed by atoms with E-state index >= 15 is 0 Å². The standard InChI is InChI=1S/C26H27NO/c1-26(2,3)27-19-23-13-11-21(12-14-23)9-10-22-15-17-25(18-16-22)28-20-24-7-5-4-6-8-24/h4-19H,20H2,1-3H3/b10-9+,27-19?. The highest BCUT2D eigenvalue weighted by Gasteiger charge is 2.04. The highest BCUT2D eigenvalue weighted by Crippen LogP contribution is 2.16. The average Bonchev–Trinajstić information content (AvgIpc) is 2.71. The first kappa shape index (κ1) is 19.6. The predicted octanol–water partition coefficient (Wildman–Crippen LogP) is 6.65. The second-order valence-electron chi connectivity index (χ2n) is 7.77. The van der Waals surface area contributed by atoms with E-state index in [0.29, 0.717) is 6.61 Å². The Morgan fingerprint density at radius 1 is 0.714 bits per heavy atom. The fourth-order valence-electron chi connectivity index (χ4n) is 2.57. The van der Waals surface area contributed by atoms with Gasteiger partial charge in [0.2, 0.25) is 0 Å². The highest BCUT2D eigenvalue weighted by molar-refractivity contribution is 5.81. The topological polar surface area (TPSA) is 21.6 Å². The van der Waals surface area contributed by atoms with Gasteiger partial charge < -0.3 is 4.74 Å². The summed E-state index contributed by atoms with van der Waals surface area (Å²) in [7, 11) is 0. The minimum atomic E-state index is -0.0461.